The van der Waals surface area contributed by atoms with E-state index in [1.807, 2.05) is 0 Å². The lowest BCUT2D eigenvalue weighted by molar-refractivity contribution is 0.258. The van der Waals surface area contributed by atoms with Crippen molar-refractivity contribution in [3.63, 3.8) is 0 Å². The zero-order valence-electron chi connectivity index (χ0n) is 10.3. The van der Waals surface area contributed by atoms with Crippen LogP contribution in [0.15, 0.2) is 0 Å². The van der Waals surface area contributed by atoms with Gasteiger partial charge in [-0.3, -0.25) is 0 Å². The van der Waals surface area contributed by atoms with Gasteiger partial charge in [0.1, 0.15) is 0 Å². The Labute approximate surface area is 89.9 Å². The molecule has 1 fully saturated rings. The zero-order chi connectivity index (χ0) is 10.4. The molecule has 0 N–H and O–H groups in total. The summed E-state index contributed by atoms with van der Waals surface area (Å²) in [5.74, 6) is 1.83. The van der Waals surface area contributed by atoms with E-state index in [-0.39, 0.29) is 0 Å². The summed E-state index contributed by atoms with van der Waals surface area (Å²) in [6, 6.07) is 0. The third-order valence-electron chi connectivity index (χ3n) is 3.35. The lowest BCUT2D eigenvalue weighted by Crippen LogP contribution is -2.26. The third kappa shape index (κ3) is 4.45. The van der Waals surface area contributed by atoms with Crippen LogP contribution in [0.1, 0.15) is 52.9 Å². The van der Waals surface area contributed by atoms with Crippen LogP contribution in [0.4, 0.5) is 0 Å². The maximum absolute atomic E-state index is 2.64. The minimum absolute atomic E-state index is 0.898. The van der Waals surface area contributed by atoms with Crippen LogP contribution >= 0.6 is 0 Å². The molecule has 14 heavy (non-hydrogen) atoms. The van der Waals surface area contributed by atoms with Gasteiger partial charge in [0.2, 0.25) is 0 Å². The van der Waals surface area contributed by atoms with Crippen molar-refractivity contribution in [3.05, 3.63) is 0 Å². The molecule has 0 aromatic carbocycles. The molecule has 0 saturated carbocycles. The largest absolute Gasteiger partial charge is 0.303 e. The second kappa shape index (κ2) is 6.44. The summed E-state index contributed by atoms with van der Waals surface area (Å²) in [6.45, 7) is 11.2. The van der Waals surface area contributed by atoms with E-state index in [2.05, 4.69) is 25.7 Å². The second-order valence-electron chi connectivity index (χ2n) is 5.24. The van der Waals surface area contributed by atoms with Crippen LogP contribution in [0.25, 0.3) is 0 Å². The predicted octanol–water partition coefficient (Wildman–Crippen LogP) is 3.54. The topological polar surface area (TPSA) is 3.24 Å². The molecule has 0 aromatic heterocycles. The van der Waals surface area contributed by atoms with Crippen LogP contribution < -0.4 is 0 Å². The highest BCUT2D eigenvalue weighted by Crippen LogP contribution is 2.19. The van der Waals surface area contributed by atoms with Crippen molar-refractivity contribution in [1.29, 1.82) is 0 Å². The third-order valence-corrected chi connectivity index (χ3v) is 3.35. The van der Waals surface area contributed by atoms with E-state index in [9.17, 15) is 0 Å². The Morgan fingerprint density at radius 3 is 2.29 bits per heavy atom. The summed E-state index contributed by atoms with van der Waals surface area (Å²) in [5.41, 5.74) is 0. The molecule has 1 saturated heterocycles. The van der Waals surface area contributed by atoms with Gasteiger partial charge < -0.3 is 4.90 Å². The lowest BCUT2D eigenvalue weighted by atomic mass is 9.93. The molecule has 2 atom stereocenters. The Morgan fingerprint density at radius 2 is 1.71 bits per heavy atom. The van der Waals surface area contributed by atoms with Crippen molar-refractivity contribution < 1.29 is 0 Å². The van der Waals surface area contributed by atoms with E-state index in [1.54, 1.807) is 0 Å². The molecule has 1 heteroatoms. The van der Waals surface area contributed by atoms with E-state index >= 15 is 0 Å². The molecule has 1 nitrogen and oxygen atoms in total. The van der Waals surface area contributed by atoms with Crippen LogP contribution in [0.2, 0.25) is 0 Å². The predicted molar refractivity (Wildman–Crippen MR) is 63.5 cm³/mol. The molecule has 1 heterocycles. The molecular weight excluding hydrogens is 170 g/mol. The molecule has 0 amide bonds. The molecule has 0 aromatic rings. The summed E-state index contributed by atoms with van der Waals surface area (Å²) in [7, 11) is 0. The fraction of sp³-hybridized carbons (Fsp3) is 1.00. The second-order valence-corrected chi connectivity index (χ2v) is 5.24. The fourth-order valence-electron chi connectivity index (χ4n) is 2.78. The summed E-state index contributed by atoms with van der Waals surface area (Å²) in [6.07, 6.45) is 7.03. The first kappa shape index (κ1) is 12.0. The van der Waals surface area contributed by atoms with Gasteiger partial charge in [0.15, 0.2) is 0 Å². The van der Waals surface area contributed by atoms with Crippen LogP contribution in [-0.4, -0.2) is 24.5 Å². The van der Waals surface area contributed by atoms with E-state index in [4.69, 9.17) is 0 Å². The average molecular weight is 197 g/mol. The summed E-state index contributed by atoms with van der Waals surface area (Å²) >= 11 is 0. The monoisotopic (exact) mass is 197 g/mol. The van der Waals surface area contributed by atoms with E-state index < -0.39 is 0 Å². The summed E-state index contributed by atoms with van der Waals surface area (Å²) in [4.78, 5) is 2.64. The first-order valence-corrected chi connectivity index (χ1v) is 6.44. The highest BCUT2D eigenvalue weighted by Gasteiger charge is 2.15. The van der Waals surface area contributed by atoms with Gasteiger partial charge in [0.25, 0.3) is 0 Å². The Balaban J connectivity index is 2.10. The quantitative estimate of drug-likeness (QED) is 0.629. The minimum Gasteiger partial charge on any atom is -0.303 e. The number of likely N-dealkylation sites (tertiary alicyclic amines) is 1. The van der Waals surface area contributed by atoms with Gasteiger partial charge in [-0.2, -0.15) is 0 Å². The Hall–Kier alpha value is -0.0400. The van der Waals surface area contributed by atoms with Crippen molar-refractivity contribution in [3.8, 4) is 0 Å². The average Bonchev–Trinajstić information content (AvgIpc) is 2.56. The number of rotatable bonds is 6. The standard InChI is InChI=1S/C13H27N/c1-4-7-12(2)10-13(3)11-14-8-5-6-9-14/h12-13H,4-11H2,1-3H3. The van der Waals surface area contributed by atoms with Gasteiger partial charge in [-0.25, -0.2) is 0 Å². The van der Waals surface area contributed by atoms with Gasteiger partial charge in [-0.05, 0) is 44.2 Å². The molecule has 1 aliphatic heterocycles. The maximum Gasteiger partial charge on any atom is 0.000712 e. The van der Waals surface area contributed by atoms with Crippen molar-refractivity contribution in [2.45, 2.75) is 52.9 Å². The summed E-state index contributed by atoms with van der Waals surface area (Å²) < 4.78 is 0. The minimum atomic E-state index is 0.898. The van der Waals surface area contributed by atoms with Gasteiger partial charge in [-0.1, -0.05) is 33.6 Å². The van der Waals surface area contributed by atoms with Crippen molar-refractivity contribution in [2.24, 2.45) is 11.8 Å². The van der Waals surface area contributed by atoms with E-state index in [1.165, 1.54) is 51.7 Å². The number of hydrogen-bond acceptors (Lipinski definition) is 1. The van der Waals surface area contributed by atoms with Crippen molar-refractivity contribution >= 4 is 0 Å². The number of hydrogen-bond donors (Lipinski definition) is 0. The van der Waals surface area contributed by atoms with Gasteiger partial charge >= 0.3 is 0 Å². The van der Waals surface area contributed by atoms with Crippen molar-refractivity contribution in [2.75, 3.05) is 19.6 Å². The molecule has 0 spiro atoms. The zero-order valence-corrected chi connectivity index (χ0v) is 10.3. The lowest BCUT2D eigenvalue weighted by Gasteiger charge is -2.22. The van der Waals surface area contributed by atoms with Crippen molar-refractivity contribution in [1.82, 2.24) is 4.90 Å². The highest BCUT2D eigenvalue weighted by atomic mass is 15.1. The van der Waals surface area contributed by atoms with Gasteiger partial charge in [-0.15, -0.1) is 0 Å². The van der Waals surface area contributed by atoms with Crippen LogP contribution in [0.5, 0.6) is 0 Å². The molecule has 1 rings (SSSR count). The molecule has 0 aliphatic carbocycles. The van der Waals surface area contributed by atoms with Gasteiger partial charge in [0.05, 0.1) is 0 Å². The normalized spacial score (nSPS) is 22.5. The fourth-order valence-corrected chi connectivity index (χ4v) is 2.78. The van der Waals surface area contributed by atoms with Crippen LogP contribution in [0.3, 0.4) is 0 Å². The Kier molecular flexibility index (Phi) is 5.54. The summed E-state index contributed by atoms with van der Waals surface area (Å²) in [5, 5.41) is 0. The van der Waals surface area contributed by atoms with Crippen LogP contribution in [-0.2, 0) is 0 Å². The molecule has 0 bridgehead atoms. The molecule has 84 valence electrons. The first-order chi connectivity index (χ1) is 6.72. The Morgan fingerprint density at radius 1 is 1.07 bits per heavy atom. The van der Waals surface area contributed by atoms with E-state index in [0.717, 1.165) is 11.8 Å². The van der Waals surface area contributed by atoms with Gasteiger partial charge in [0, 0.05) is 6.54 Å². The highest BCUT2D eigenvalue weighted by molar-refractivity contribution is 4.70. The molecule has 1 aliphatic rings. The SMILES string of the molecule is CCCC(C)CC(C)CN1CCCC1. The Bertz CT molecular complexity index is 138. The first-order valence-electron chi connectivity index (χ1n) is 6.44. The number of nitrogens with zero attached hydrogens (tertiary/aromatic N) is 1. The molecule has 2 unspecified atom stereocenters. The molecule has 0 radical (unpaired) electrons. The van der Waals surface area contributed by atoms with Crippen LogP contribution in [0, 0.1) is 11.8 Å². The maximum atomic E-state index is 2.64. The smallest absolute Gasteiger partial charge is 0.000712 e. The van der Waals surface area contributed by atoms with E-state index in [0.29, 0.717) is 0 Å². The molecular formula is C13H27N.